The molecule has 2 aromatic rings. The molecule has 1 aromatic carbocycles. The maximum Gasteiger partial charge on any atom is 0.119 e. The van der Waals surface area contributed by atoms with Gasteiger partial charge < -0.3 is 15.0 Å². The van der Waals surface area contributed by atoms with E-state index in [1.165, 1.54) is 5.56 Å². The molecule has 0 aliphatic carbocycles. The molecule has 1 aliphatic heterocycles. The lowest BCUT2D eigenvalue weighted by molar-refractivity contribution is 0.176. The molecule has 1 fully saturated rings. The number of hydrogen-bond donors (Lipinski definition) is 2. The van der Waals surface area contributed by atoms with Crippen LogP contribution in [-0.2, 0) is 0 Å². The van der Waals surface area contributed by atoms with Crippen molar-refractivity contribution in [1.29, 1.82) is 5.26 Å². The molecule has 126 valence electrons. The molecule has 1 aliphatic rings. The van der Waals surface area contributed by atoms with Crippen molar-refractivity contribution in [3.05, 3.63) is 30.0 Å². The van der Waals surface area contributed by atoms with Crippen molar-refractivity contribution in [2.45, 2.75) is 12.5 Å². The number of benzene rings is 1. The molecule has 0 radical (unpaired) electrons. The van der Waals surface area contributed by atoms with Gasteiger partial charge in [0.2, 0.25) is 0 Å². The van der Waals surface area contributed by atoms with Gasteiger partial charge in [-0.3, -0.25) is 4.90 Å². The number of hydrogen-bond acceptors (Lipinski definition) is 4. The van der Waals surface area contributed by atoms with Crippen LogP contribution in [0.3, 0.4) is 0 Å². The van der Waals surface area contributed by atoms with E-state index in [0.29, 0.717) is 6.42 Å². The Kier molecular flexibility index (Phi) is 7.66. The van der Waals surface area contributed by atoms with Crippen LogP contribution in [-0.4, -0.2) is 43.2 Å². The van der Waals surface area contributed by atoms with Crippen molar-refractivity contribution < 1.29 is 4.74 Å². The number of methoxy groups -OCH3 is 1. The first-order chi connectivity index (χ1) is 10.3. The third-order valence-corrected chi connectivity index (χ3v) is 4.16. The third-order valence-electron chi connectivity index (χ3n) is 4.16. The summed E-state index contributed by atoms with van der Waals surface area (Å²) in [6, 6.07) is 8.50. The molecule has 2 heterocycles. The highest BCUT2D eigenvalue weighted by atomic mass is 35.5. The minimum Gasteiger partial charge on any atom is -0.497 e. The summed E-state index contributed by atoms with van der Waals surface area (Å²) in [7, 11) is 1.68. The van der Waals surface area contributed by atoms with Crippen LogP contribution < -0.4 is 10.1 Å². The summed E-state index contributed by atoms with van der Waals surface area (Å²) in [6.45, 7) is 3.91. The summed E-state index contributed by atoms with van der Waals surface area (Å²) >= 11 is 0. The third kappa shape index (κ3) is 4.10. The Morgan fingerprint density at radius 2 is 2.04 bits per heavy atom. The Bertz CT molecular complexity index is 662. The van der Waals surface area contributed by atoms with Gasteiger partial charge in [-0.2, -0.15) is 5.26 Å². The number of ether oxygens (including phenoxy) is 1. The number of nitriles is 1. The molecule has 23 heavy (non-hydrogen) atoms. The predicted molar refractivity (Wildman–Crippen MR) is 96.8 cm³/mol. The van der Waals surface area contributed by atoms with Crippen LogP contribution in [0.15, 0.2) is 24.4 Å². The Labute approximate surface area is 148 Å². The summed E-state index contributed by atoms with van der Waals surface area (Å²) in [5, 5.41) is 13.7. The molecule has 1 atom stereocenters. The second-order valence-corrected chi connectivity index (χ2v) is 5.32. The number of fused-ring (bicyclic) bond motifs is 1. The fourth-order valence-electron chi connectivity index (χ4n) is 3.04. The van der Waals surface area contributed by atoms with Gasteiger partial charge in [-0.05, 0) is 23.8 Å². The van der Waals surface area contributed by atoms with Gasteiger partial charge in [0.15, 0.2) is 0 Å². The van der Waals surface area contributed by atoms with Crippen LogP contribution in [0.25, 0.3) is 10.9 Å². The number of nitrogens with one attached hydrogen (secondary N) is 2. The maximum atomic E-state index is 9.21. The van der Waals surface area contributed by atoms with Crippen LogP contribution in [0.2, 0.25) is 0 Å². The van der Waals surface area contributed by atoms with Crippen molar-refractivity contribution in [3.63, 3.8) is 0 Å². The van der Waals surface area contributed by atoms with E-state index in [1.54, 1.807) is 7.11 Å². The molecule has 0 spiro atoms. The van der Waals surface area contributed by atoms with Gasteiger partial charge in [-0.1, -0.05) is 0 Å². The van der Waals surface area contributed by atoms with Crippen molar-refractivity contribution >= 4 is 35.7 Å². The fraction of sp³-hybridized carbons (Fsp3) is 0.438. The molecular weight excluding hydrogens is 335 g/mol. The number of H-pyrrole nitrogens is 1. The van der Waals surface area contributed by atoms with Gasteiger partial charge in [-0.25, -0.2) is 0 Å². The van der Waals surface area contributed by atoms with Crippen molar-refractivity contribution in [2.24, 2.45) is 0 Å². The second kappa shape index (κ2) is 8.99. The molecule has 0 unspecified atom stereocenters. The van der Waals surface area contributed by atoms with E-state index >= 15 is 0 Å². The quantitative estimate of drug-likeness (QED) is 0.883. The zero-order valence-corrected chi connectivity index (χ0v) is 14.7. The van der Waals surface area contributed by atoms with Crippen LogP contribution in [0.4, 0.5) is 0 Å². The highest BCUT2D eigenvalue weighted by Crippen LogP contribution is 2.32. The Morgan fingerprint density at radius 1 is 1.30 bits per heavy atom. The average molecular weight is 357 g/mol. The lowest BCUT2D eigenvalue weighted by atomic mass is 10.0. The molecular formula is C16H22Cl2N4O. The molecule has 1 aromatic heterocycles. The van der Waals surface area contributed by atoms with Crippen LogP contribution in [0, 0.1) is 11.3 Å². The van der Waals surface area contributed by atoms with Gasteiger partial charge in [0.1, 0.15) is 5.75 Å². The smallest absolute Gasteiger partial charge is 0.119 e. The Balaban J connectivity index is 0.00000132. The van der Waals surface area contributed by atoms with Gasteiger partial charge in [0.05, 0.1) is 19.6 Å². The summed E-state index contributed by atoms with van der Waals surface area (Å²) < 4.78 is 5.33. The summed E-state index contributed by atoms with van der Waals surface area (Å²) in [6.07, 6.45) is 2.54. The summed E-state index contributed by atoms with van der Waals surface area (Å²) in [5.41, 5.74) is 2.27. The molecule has 5 nitrogen and oxygen atoms in total. The molecule has 3 rings (SSSR count). The minimum absolute atomic E-state index is 0. The monoisotopic (exact) mass is 356 g/mol. The van der Waals surface area contributed by atoms with E-state index in [-0.39, 0.29) is 30.9 Å². The van der Waals surface area contributed by atoms with Crippen LogP contribution in [0.1, 0.15) is 18.0 Å². The molecule has 1 saturated heterocycles. The first kappa shape index (κ1) is 19.6. The number of rotatable bonds is 4. The summed E-state index contributed by atoms with van der Waals surface area (Å²) in [4.78, 5) is 5.70. The second-order valence-electron chi connectivity index (χ2n) is 5.32. The molecule has 0 bridgehead atoms. The van der Waals surface area contributed by atoms with E-state index in [9.17, 15) is 5.26 Å². The van der Waals surface area contributed by atoms with Gasteiger partial charge in [-0.15, -0.1) is 24.8 Å². The topological polar surface area (TPSA) is 64.1 Å². The lowest BCUT2D eigenvalue weighted by Gasteiger charge is -2.33. The summed E-state index contributed by atoms with van der Waals surface area (Å²) in [5.74, 6) is 0.847. The Hall–Kier alpha value is -1.45. The number of aromatic nitrogens is 1. The molecule has 0 amide bonds. The standard InChI is InChI=1S/C16H20N4O.2ClH/c1-21-12-2-3-15-13(10-12)14(11-19-15)16(4-5-17)20-8-6-18-7-9-20;;/h2-3,10-11,16,18-19H,4,6-9H2,1H3;2*1H/t16-;;/m0../s1. The SMILES string of the molecule is COc1ccc2[nH]cc([C@H](CC#N)N3CCNCC3)c2c1.Cl.Cl. The minimum atomic E-state index is 0. The van der Waals surface area contributed by atoms with Crippen molar-refractivity contribution in [3.8, 4) is 11.8 Å². The normalized spacial score (nSPS) is 16.0. The van der Waals surface area contributed by atoms with Gasteiger partial charge >= 0.3 is 0 Å². The van der Waals surface area contributed by atoms with Gasteiger partial charge in [0, 0.05) is 49.3 Å². The van der Waals surface area contributed by atoms with E-state index in [2.05, 4.69) is 21.3 Å². The molecule has 2 N–H and O–H groups in total. The van der Waals surface area contributed by atoms with E-state index in [0.717, 1.165) is 42.8 Å². The predicted octanol–water partition coefficient (Wildman–Crippen LogP) is 2.88. The van der Waals surface area contributed by atoms with E-state index < -0.39 is 0 Å². The van der Waals surface area contributed by atoms with E-state index in [4.69, 9.17) is 4.74 Å². The highest BCUT2D eigenvalue weighted by Gasteiger charge is 2.24. The first-order valence-corrected chi connectivity index (χ1v) is 7.30. The lowest BCUT2D eigenvalue weighted by Crippen LogP contribution is -2.45. The number of halogens is 2. The number of nitrogens with zero attached hydrogens (tertiary/aromatic N) is 2. The van der Waals surface area contributed by atoms with E-state index in [1.807, 2.05) is 24.4 Å². The number of piperazine rings is 1. The zero-order chi connectivity index (χ0) is 14.7. The molecule has 0 saturated carbocycles. The highest BCUT2D eigenvalue weighted by molar-refractivity contribution is 5.86. The fourth-order valence-corrected chi connectivity index (χ4v) is 3.04. The largest absolute Gasteiger partial charge is 0.497 e. The molecule has 7 heteroatoms. The number of aromatic amines is 1. The Morgan fingerprint density at radius 3 is 2.70 bits per heavy atom. The van der Waals surface area contributed by atoms with Crippen LogP contribution >= 0.6 is 24.8 Å². The maximum absolute atomic E-state index is 9.21. The van der Waals surface area contributed by atoms with Gasteiger partial charge in [0.25, 0.3) is 0 Å². The van der Waals surface area contributed by atoms with Crippen molar-refractivity contribution in [1.82, 2.24) is 15.2 Å². The van der Waals surface area contributed by atoms with Crippen molar-refractivity contribution in [2.75, 3.05) is 33.3 Å². The first-order valence-electron chi connectivity index (χ1n) is 7.30. The van der Waals surface area contributed by atoms with Crippen LogP contribution in [0.5, 0.6) is 5.75 Å². The average Bonchev–Trinajstić information content (AvgIpc) is 2.96. The zero-order valence-electron chi connectivity index (χ0n) is 13.0.